The van der Waals surface area contributed by atoms with Crippen molar-refractivity contribution in [3.63, 3.8) is 0 Å². The first-order valence-corrected chi connectivity index (χ1v) is 10.3. The molecule has 2 aliphatic rings. The summed E-state index contributed by atoms with van der Waals surface area (Å²) >= 11 is 1.22. The van der Waals surface area contributed by atoms with Crippen LogP contribution in [0.4, 0.5) is 4.39 Å². The normalized spacial score (nSPS) is 18.6. The molecule has 10 heteroatoms. The van der Waals surface area contributed by atoms with Gasteiger partial charge in [0.15, 0.2) is 5.01 Å². The molecule has 0 spiro atoms. The fourth-order valence-corrected chi connectivity index (χ4v) is 4.19. The number of rotatable bonds is 4. The topological polar surface area (TPSA) is 120 Å². The van der Waals surface area contributed by atoms with Gasteiger partial charge in [0, 0.05) is 25.1 Å². The van der Waals surface area contributed by atoms with E-state index >= 15 is 0 Å². The second-order valence-corrected chi connectivity index (χ2v) is 8.03. The molecule has 154 valence electrons. The summed E-state index contributed by atoms with van der Waals surface area (Å²) in [6.07, 6.45) is 0.109. The maximum absolute atomic E-state index is 14.8. The molecule has 2 atom stereocenters. The number of nitrogens with zero attached hydrogens (tertiary/aromatic N) is 3. The van der Waals surface area contributed by atoms with Crippen LogP contribution in [0.3, 0.4) is 0 Å². The van der Waals surface area contributed by atoms with E-state index in [1.807, 2.05) is 12.1 Å². The number of benzene rings is 1. The smallest absolute Gasteiger partial charge is 0.251 e. The summed E-state index contributed by atoms with van der Waals surface area (Å²) in [6, 6.07) is 5.91. The number of hydrogen-bond donors (Lipinski definition) is 2. The minimum absolute atomic E-state index is 0.0156. The van der Waals surface area contributed by atoms with Crippen molar-refractivity contribution in [2.75, 3.05) is 19.7 Å². The highest BCUT2D eigenvalue weighted by Crippen LogP contribution is 2.40. The van der Waals surface area contributed by atoms with Crippen molar-refractivity contribution < 1.29 is 18.7 Å². The summed E-state index contributed by atoms with van der Waals surface area (Å²) in [5.41, 5.74) is 1.27. The number of ether oxygens (including phenoxy) is 2. The zero-order valence-electron chi connectivity index (χ0n) is 15.9. The van der Waals surface area contributed by atoms with Crippen molar-refractivity contribution in [1.29, 1.82) is 10.5 Å². The highest BCUT2D eigenvalue weighted by molar-refractivity contribution is 7.12. The minimum atomic E-state index is -0.916. The second-order valence-electron chi connectivity index (χ2n) is 6.94. The largest absolute Gasteiger partial charge is 0.487 e. The summed E-state index contributed by atoms with van der Waals surface area (Å²) in [6.45, 7) is 1.84. The number of aromatic nitrogens is 1. The lowest BCUT2D eigenvalue weighted by Gasteiger charge is -2.20. The van der Waals surface area contributed by atoms with Crippen LogP contribution in [-0.4, -0.2) is 42.7 Å². The van der Waals surface area contributed by atoms with Gasteiger partial charge in [-0.15, -0.1) is 11.3 Å². The highest BCUT2D eigenvalue weighted by Gasteiger charge is 2.27. The number of carbonyl (C=O) groups excluding carboxylic acids is 1. The molecule has 2 N–H and O–H groups in total. The average molecular weight is 427 g/mol. The van der Waals surface area contributed by atoms with E-state index in [0.29, 0.717) is 35.2 Å². The minimum Gasteiger partial charge on any atom is -0.487 e. The first kappa shape index (κ1) is 20.2. The van der Waals surface area contributed by atoms with Crippen LogP contribution in [0.1, 0.15) is 21.9 Å². The van der Waals surface area contributed by atoms with Crippen LogP contribution in [0.15, 0.2) is 12.1 Å². The van der Waals surface area contributed by atoms with E-state index in [1.54, 1.807) is 0 Å². The van der Waals surface area contributed by atoms with Gasteiger partial charge in [0.25, 0.3) is 5.91 Å². The number of carbonyl (C=O) groups is 1. The predicted octanol–water partition coefficient (Wildman–Crippen LogP) is 1.64. The molecule has 2 aromatic rings. The molecule has 1 fully saturated rings. The molecule has 0 bridgehead atoms. The maximum atomic E-state index is 14.8. The molecule has 1 aromatic carbocycles. The standard InChI is InChI=1S/C20H18FN5O3S/c21-14-6-13-15(29-10-17-19(13)26-18(8-23)30-17)5-11(14)4-12(7-22)25-20(27)16-9-24-2-1-3-28-16/h5-6,12,16,24H,1-4,9-10H2,(H,25,27)/t12-,16+/m1/s1. The molecule has 8 nitrogen and oxygen atoms in total. The predicted molar refractivity (Wildman–Crippen MR) is 105 cm³/mol. The van der Waals surface area contributed by atoms with Gasteiger partial charge in [-0.1, -0.05) is 0 Å². The molecule has 4 rings (SSSR count). The highest BCUT2D eigenvalue weighted by atomic mass is 32.1. The van der Waals surface area contributed by atoms with Crippen LogP contribution >= 0.6 is 11.3 Å². The molecule has 30 heavy (non-hydrogen) atoms. The van der Waals surface area contributed by atoms with Crippen LogP contribution < -0.4 is 15.4 Å². The molecule has 0 saturated carbocycles. The Kier molecular flexibility index (Phi) is 5.91. The van der Waals surface area contributed by atoms with Crippen molar-refractivity contribution in [3.8, 4) is 29.1 Å². The molecular formula is C20H18FN5O3S. The Hall–Kier alpha value is -3.05. The third-order valence-corrected chi connectivity index (χ3v) is 5.82. The Morgan fingerprint density at radius 1 is 1.47 bits per heavy atom. The third kappa shape index (κ3) is 4.12. The van der Waals surface area contributed by atoms with Crippen molar-refractivity contribution >= 4 is 17.2 Å². The maximum Gasteiger partial charge on any atom is 0.251 e. The van der Waals surface area contributed by atoms with Crippen LogP contribution in [0.25, 0.3) is 11.3 Å². The van der Waals surface area contributed by atoms with Gasteiger partial charge in [-0.2, -0.15) is 10.5 Å². The van der Waals surface area contributed by atoms with E-state index in [-0.39, 0.29) is 18.6 Å². The van der Waals surface area contributed by atoms with E-state index in [2.05, 4.69) is 15.6 Å². The second kappa shape index (κ2) is 8.76. The van der Waals surface area contributed by atoms with Gasteiger partial charge >= 0.3 is 0 Å². The number of nitriles is 2. The van der Waals surface area contributed by atoms with Crippen molar-refractivity contribution in [2.45, 2.75) is 31.6 Å². The lowest BCUT2D eigenvalue weighted by atomic mass is 10.00. The quantitative estimate of drug-likeness (QED) is 0.761. The summed E-state index contributed by atoms with van der Waals surface area (Å²) in [7, 11) is 0. The van der Waals surface area contributed by atoms with Crippen molar-refractivity contribution in [2.24, 2.45) is 0 Å². The lowest BCUT2D eigenvalue weighted by Crippen LogP contribution is -2.46. The molecule has 0 unspecified atom stereocenters. The van der Waals surface area contributed by atoms with Crippen LogP contribution in [0.2, 0.25) is 0 Å². The summed E-state index contributed by atoms with van der Waals surface area (Å²) < 4.78 is 26.0. The zero-order valence-corrected chi connectivity index (χ0v) is 16.7. The van der Waals surface area contributed by atoms with Crippen LogP contribution in [0, 0.1) is 28.5 Å². The summed E-state index contributed by atoms with van der Waals surface area (Å²) in [5, 5.41) is 24.5. The van der Waals surface area contributed by atoms with Gasteiger partial charge in [-0.3, -0.25) is 4.79 Å². The molecular weight excluding hydrogens is 409 g/mol. The SMILES string of the molecule is N#Cc1nc2c(s1)COc1cc(C[C@H](C#N)NC(=O)[C@@H]3CNCCCO3)c(F)cc1-2. The Balaban J connectivity index is 1.51. The molecule has 1 aromatic heterocycles. The first-order valence-electron chi connectivity index (χ1n) is 9.46. The summed E-state index contributed by atoms with van der Waals surface area (Å²) in [4.78, 5) is 17.4. The summed E-state index contributed by atoms with van der Waals surface area (Å²) in [5.74, 6) is -0.492. The molecule has 0 radical (unpaired) electrons. The van der Waals surface area contributed by atoms with E-state index in [1.165, 1.54) is 23.5 Å². The Bertz CT molecular complexity index is 1050. The monoisotopic (exact) mass is 427 g/mol. The van der Waals surface area contributed by atoms with Crippen molar-refractivity contribution in [3.05, 3.63) is 33.4 Å². The molecule has 1 amide bonds. The lowest BCUT2D eigenvalue weighted by molar-refractivity contribution is -0.132. The zero-order chi connectivity index (χ0) is 21.1. The number of amides is 1. The first-order chi connectivity index (χ1) is 14.6. The van der Waals surface area contributed by atoms with Gasteiger partial charge in [0.05, 0.1) is 16.6 Å². The third-order valence-electron chi connectivity index (χ3n) is 4.89. The number of thiazole rings is 1. The molecule has 3 heterocycles. The molecule has 2 aliphatic heterocycles. The van der Waals surface area contributed by atoms with Gasteiger partial charge < -0.3 is 20.1 Å². The average Bonchev–Trinajstić information content (AvgIpc) is 2.99. The van der Waals surface area contributed by atoms with Crippen molar-refractivity contribution in [1.82, 2.24) is 15.6 Å². The fourth-order valence-electron chi connectivity index (χ4n) is 3.40. The number of fused-ring (bicyclic) bond motifs is 3. The van der Waals surface area contributed by atoms with Gasteiger partial charge in [0.2, 0.25) is 0 Å². The number of nitrogens with one attached hydrogen (secondary N) is 2. The number of hydrogen-bond acceptors (Lipinski definition) is 8. The van der Waals surface area contributed by atoms with Crippen LogP contribution in [0.5, 0.6) is 5.75 Å². The fraction of sp³-hybridized carbons (Fsp3) is 0.400. The Morgan fingerprint density at radius 2 is 2.33 bits per heavy atom. The van der Waals surface area contributed by atoms with E-state index in [9.17, 15) is 14.4 Å². The van der Waals surface area contributed by atoms with Crippen LogP contribution in [-0.2, 0) is 22.6 Å². The van der Waals surface area contributed by atoms with E-state index in [4.69, 9.17) is 14.7 Å². The Labute approximate surface area is 176 Å². The van der Waals surface area contributed by atoms with Gasteiger partial charge in [0.1, 0.15) is 36.4 Å². The van der Waals surface area contributed by atoms with Gasteiger partial charge in [-0.05, 0) is 30.7 Å². The molecule has 1 saturated heterocycles. The van der Waals surface area contributed by atoms with Gasteiger partial charge in [-0.25, -0.2) is 9.37 Å². The number of halogens is 1. The molecule has 0 aliphatic carbocycles. The Morgan fingerprint density at radius 3 is 3.13 bits per heavy atom. The van der Waals surface area contributed by atoms with E-state index < -0.39 is 23.9 Å². The van der Waals surface area contributed by atoms with E-state index in [0.717, 1.165) is 17.8 Å².